The molecule has 10 heteroatoms. The number of carbonyl (C=O) groups is 2. The van der Waals surface area contributed by atoms with E-state index in [1.807, 2.05) is 0 Å². The topological polar surface area (TPSA) is 111 Å². The van der Waals surface area contributed by atoms with Crippen LogP contribution in [0.4, 0.5) is 5.69 Å². The predicted molar refractivity (Wildman–Crippen MR) is 111 cm³/mol. The molecule has 2 aromatic carbocycles. The number of nitrogens with one attached hydrogen (secondary N) is 1. The Morgan fingerprint density at radius 1 is 1.07 bits per heavy atom. The third-order valence-corrected chi connectivity index (χ3v) is 6.03. The molecule has 0 aromatic heterocycles. The number of sulfonamides is 1. The van der Waals surface area contributed by atoms with Gasteiger partial charge in [-0.3, -0.25) is 4.79 Å². The van der Waals surface area contributed by atoms with E-state index in [2.05, 4.69) is 5.32 Å². The van der Waals surface area contributed by atoms with Crippen molar-refractivity contribution in [2.75, 3.05) is 40.2 Å². The lowest BCUT2D eigenvalue weighted by molar-refractivity contribution is -0.119. The van der Waals surface area contributed by atoms with E-state index < -0.39 is 28.5 Å². The summed E-state index contributed by atoms with van der Waals surface area (Å²) in [6.45, 7) is 1.15. The number of benzene rings is 2. The van der Waals surface area contributed by atoms with Gasteiger partial charge >= 0.3 is 5.97 Å². The minimum absolute atomic E-state index is 0.0338. The van der Waals surface area contributed by atoms with Crippen molar-refractivity contribution in [3.05, 3.63) is 47.5 Å². The third-order valence-electron chi connectivity index (χ3n) is 4.22. The van der Waals surface area contributed by atoms with Crippen LogP contribution in [0.3, 0.4) is 0 Å². The summed E-state index contributed by atoms with van der Waals surface area (Å²) in [6, 6.07) is 9.10. The van der Waals surface area contributed by atoms with Gasteiger partial charge in [0.1, 0.15) is 5.56 Å². The van der Waals surface area contributed by atoms with E-state index in [1.54, 1.807) is 25.1 Å². The van der Waals surface area contributed by atoms with Crippen LogP contribution in [0.15, 0.2) is 41.3 Å². The zero-order valence-corrected chi connectivity index (χ0v) is 18.2. The second kappa shape index (κ2) is 9.59. The molecule has 0 heterocycles. The van der Waals surface area contributed by atoms with Crippen LogP contribution in [-0.2, 0) is 19.6 Å². The summed E-state index contributed by atoms with van der Waals surface area (Å²) in [5.41, 5.74) is 1.07. The highest BCUT2D eigenvalue weighted by Crippen LogP contribution is 2.31. The van der Waals surface area contributed by atoms with E-state index in [1.165, 1.54) is 46.5 Å². The molecule has 0 atom stereocenters. The number of amides is 1. The largest absolute Gasteiger partial charge is 0.493 e. The Kier molecular flexibility index (Phi) is 7.41. The number of carbonyl (C=O) groups excluding carboxylic acids is 2. The Labute approximate surface area is 175 Å². The zero-order valence-electron chi connectivity index (χ0n) is 17.4. The molecule has 30 heavy (non-hydrogen) atoms. The normalized spacial score (nSPS) is 11.1. The maximum atomic E-state index is 12.4. The van der Waals surface area contributed by atoms with Gasteiger partial charge in [-0.25, -0.2) is 17.5 Å². The molecule has 0 aliphatic rings. The summed E-state index contributed by atoms with van der Waals surface area (Å²) in [5, 5.41) is 2.56. The zero-order chi connectivity index (χ0) is 22.5. The first-order valence-corrected chi connectivity index (χ1v) is 10.3. The Bertz CT molecular complexity index is 1050. The lowest BCUT2D eigenvalue weighted by Crippen LogP contribution is -2.24. The number of hydrogen-bond donors (Lipinski definition) is 1. The van der Waals surface area contributed by atoms with Crippen molar-refractivity contribution >= 4 is 27.6 Å². The molecule has 2 aromatic rings. The van der Waals surface area contributed by atoms with Crippen molar-refractivity contribution < 1.29 is 32.2 Å². The van der Waals surface area contributed by atoms with Gasteiger partial charge in [0.2, 0.25) is 10.0 Å². The number of para-hydroxylation sites is 1. The van der Waals surface area contributed by atoms with Gasteiger partial charge in [-0.2, -0.15) is 0 Å². The number of ether oxygens (including phenoxy) is 3. The van der Waals surface area contributed by atoms with Gasteiger partial charge in [-0.05, 0) is 36.8 Å². The molecule has 1 amide bonds. The first-order chi connectivity index (χ1) is 14.1. The molecule has 2 rings (SSSR count). The summed E-state index contributed by atoms with van der Waals surface area (Å²) in [5.74, 6) is -0.830. The molecule has 9 nitrogen and oxygen atoms in total. The number of anilines is 1. The van der Waals surface area contributed by atoms with Crippen LogP contribution in [0.5, 0.6) is 11.5 Å². The second-order valence-corrected chi connectivity index (χ2v) is 8.58. The third kappa shape index (κ3) is 5.08. The molecule has 0 aliphatic heterocycles. The number of hydrogen-bond acceptors (Lipinski definition) is 7. The number of rotatable bonds is 8. The fourth-order valence-corrected chi connectivity index (χ4v) is 3.48. The van der Waals surface area contributed by atoms with Crippen LogP contribution >= 0.6 is 0 Å². The Balaban J connectivity index is 2.11. The lowest BCUT2D eigenvalue weighted by Gasteiger charge is -2.15. The predicted octanol–water partition coefficient (Wildman–Crippen LogP) is 2.06. The molecule has 162 valence electrons. The van der Waals surface area contributed by atoms with E-state index in [0.717, 1.165) is 4.31 Å². The van der Waals surface area contributed by atoms with Gasteiger partial charge in [0.15, 0.2) is 18.1 Å². The van der Waals surface area contributed by atoms with Gasteiger partial charge in [-0.1, -0.05) is 12.1 Å². The van der Waals surface area contributed by atoms with Crippen LogP contribution in [-0.4, -0.2) is 59.5 Å². The van der Waals surface area contributed by atoms with Crippen LogP contribution in [0.2, 0.25) is 0 Å². The quantitative estimate of drug-likeness (QED) is 0.631. The molecule has 1 N–H and O–H groups in total. The molecule has 0 saturated carbocycles. The molecule has 0 saturated heterocycles. The van der Waals surface area contributed by atoms with Gasteiger partial charge in [0, 0.05) is 19.8 Å². The molecule has 0 radical (unpaired) electrons. The van der Waals surface area contributed by atoms with Crippen molar-refractivity contribution in [2.24, 2.45) is 0 Å². The smallest absolute Gasteiger partial charge is 0.342 e. The van der Waals surface area contributed by atoms with Crippen molar-refractivity contribution in [3.63, 3.8) is 0 Å². The molecular weight excluding hydrogens is 412 g/mol. The van der Waals surface area contributed by atoms with Gasteiger partial charge < -0.3 is 19.5 Å². The number of esters is 1. The van der Waals surface area contributed by atoms with Crippen molar-refractivity contribution in [1.29, 1.82) is 0 Å². The number of methoxy groups -OCH3 is 2. The highest BCUT2D eigenvalue weighted by molar-refractivity contribution is 7.89. The minimum Gasteiger partial charge on any atom is -0.493 e. The van der Waals surface area contributed by atoms with Crippen molar-refractivity contribution in [1.82, 2.24) is 4.31 Å². The summed E-state index contributed by atoms with van der Waals surface area (Å²) in [6.07, 6.45) is 0. The Hall–Kier alpha value is -3.11. The van der Waals surface area contributed by atoms with E-state index in [-0.39, 0.29) is 16.2 Å². The van der Waals surface area contributed by atoms with E-state index in [9.17, 15) is 18.0 Å². The molecular formula is C20H24N2O7S. The maximum Gasteiger partial charge on any atom is 0.342 e. The van der Waals surface area contributed by atoms with Crippen LogP contribution < -0.4 is 14.8 Å². The Morgan fingerprint density at radius 3 is 2.37 bits per heavy atom. The van der Waals surface area contributed by atoms with E-state index in [0.29, 0.717) is 17.0 Å². The molecule has 0 bridgehead atoms. The van der Waals surface area contributed by atoms with Gasteiger partial charge in [0.05, 0.1) is 19.1 Å². The second-order valence-electron chi connectivity index (χ2n) is 6.43. The standard InChI is InChI=1S/C20H24N2O7S/c1-13-9-10-14(30(25,26)22(2)3)11-16(13)21-18(23)12-29-20(24)15-7-6-8-17(27-4)19(15)28-5/h6-11H,12H2,1-5H3,(H,21,23). The SMILES string of the molecule is COc1cccc(C(=O)OCC(=O)Nc2cc(S(=O)(=O)N(C)C)ccc2C)c1OC. The van der Waals surface area contributed by atoms with Crippen molar-refractivity contribution in [2.45, 2.75) is 11.8 Å². The maximum absolute atomic E-state index is 12.4. The van der Waals surface area contributed by atoms with Gasteiger partial charge in [-0.15, -0.1) is 0 Å². The monoisotopic (exact) mass is 436 g/mol. The highest BCUT2D eigenvalue weighted by atomic mass is 32.2. The first-order valence-electron chi connectivity index (χ1n) is 8.83. The fraction of sp³-hybridized carbons (Fsp3) is 0.300. The summed E-state index contributed by atoms with van der Waals surface area (Å²) < 4.78 is 41.0. The minimum atomic E-state index is -3.66. The fourth-order valence-electron chi connectivity index (χ4n) is 2.55. The van der Waals surface area contributed by atoms with Crippen LogP contribution in [0, 0.1) is 6.92 Å². The van der Waals surface area contributed by atoms with Gasteiger partial charge in [0.25, 0.3) is 5.91 Å². The molecule has 0 aliphatic carbocycles. The highest BCUT2D eigenvalue weighted by Gasteiger charge is 2.20. The van der Waals surface area contributed by atoms with E-state index in [4.69, 9.17) is 14.2 Å². The average molecular weight is 436 g/mol. The van der Waals surface area contributed by atoms with Crippen LogP contribution in [0.1, 0.15) is 15.9 Å². The first kappa shape index (κ1) is 23.2. The van der Waals surface area contributed by atoms with Crippen molar-refractivity contribution in [3.8, 4) is 11.5 Å². The number of aryl methyl sites for hydroxylation is 1. The average Bonchev–Trinajstić information content (AvgIpc) is 2.72. The number of nitrogens with zero attached hydrogens (tertiary/aromatic N) is 1. The van der Waals surface area contributed by atoms with E-state index >= 15 is 0 Å². The summed E-state index contributed by atoms with van der Waals surface area (Å²) in [7, 11) is 2.00. The molecule has 0 unspecified atom stereocenters. The van der Waals surface area contributed by atoms with Crippen LogP contribution in [0.25, 0.3) is 0 Å². The molecule has 0 spiro atoms. The summed E-state index contributed by atoms with van der Waals surface area (Å²) in [4.78, 5) is 24.7. The molecule has 0 fully saturated rings. The lowest BCUT2D eigenvalue weighted by atomic mass is 10.2. The Morgan fingerprint density at radius 2 is 1.77 bits per heavy atom. The summed E-state index contributed by atoms with van der Waals surface area (Å²) >= 11 is 0.